The van der Waals surface area contributed by atoms with Crippen LogP contribution in [0.3, 0.4) is 0 Å². The Labute approximate surface area is 103 Å². The third kappa shape index (κ3) is 4.72. The number of anilines is 1. The molecule has 0 amide bonds. The Balaban J connectivity index is 2.32. The van der Waals surface area contributed by atoms with Gasteiger partial charge in [-0.15, -0.1) is 0 Å². The summed E-state index contributed by atoms with van der Waals surface area (Å²) in [4.78, 5) is 0. The van der Waals surface area contributed by atoms with Crippen LogP contribution in [0.2, 0.25) is 0 Å². The van der Waals surface area contributed by atoms with Gasteiger partial charge >= 0.3 is 0 Å². The molecule has 0 radical (unpaired) electrons. The fraction of sp³-hybridized carbons (Fsp3) is 0.455. The Kier molecular flexibility index (Phi) is 4.92. The highest BCUT2D eigenvalue weighted by Gasteiger charge is 2.10. The minimum absolute atomic E-state index is 0.435. The predicted molar refractivity (Wildman–Crippen MR) is 69.8 cm³/mol. The van der Waals surface area contributed by atoms with Gasteiger partial charge in [-0.3, -0.25) is 0 Å². The Bertz CT molecular complexity index is 440. The number of rotatable bonds is 6. The van der Waals surface area contributed by atoms with E-state index in [1.807, 2.05) is 24.3 Å². The first-order chi connectivity index (χ1) is 7.92. The van der Waals surface area contributed by atoms with Gasteiger partial charge in [-0.1, -0.05) is 12.1 Å². The van der Waals surface area contributed by atoms with E-state index < -0.39 is 10.2 Å². The molecule has 0 bridgehead atoms. The fourth-order valence-corrected chi connectivity index (χ4v) is 1.97. The van der Waals surface area contributed by atoms with Crippen molar-refractivity contribution in [3.8, 4) is 0 Å². The van der Waals surface area contributed by atoms with Gasteiger partial charge in [0.15, 0.2) is 0 Å². The van der Waals surface area contributed by atoms with Crippen molar-refractivity contribution in [3.63, 3.8) is 0 Å². The summed E-state index contributed by atoms with van der Waals surface area (Å²) in [5.74, 6) is 0. The molecule has 3 N–H and O–H groups in total. The monoisotopic (exact) mass is 257 g/mol. The van der Waals surface area contributed by atoms with Crippen molar-refractivity contribution in [3.05, 3.63) is 29.8 Å². The smallest absolute Gasteiger partial charge is 0.278 e. The molecule has 6 heteroatoms. The first-order valence-corrected chi connectivity index (χ1v) is 6.87. The highest BCUT2D eigenvalue weighted by atomic mass is 32.2. The number of nitrogens with zero attached hydrogens (tertiary/aromatic N) is 1. The van der Waals surface area contributed by atoms with Crippen molar-refractivity contribution in [1.29, 1.82) is 0 Å². The average molecular weight is 257 g/mol. The van der Waals surface area contributed by atoms with E-state index in [1.165, 1.54) is 14.1 Å². The molecule has 1 rings (SSSR count). The number of benzene rings is 1. The molecule has 17 heavy (non-hydrogen) atoms. The van der Waals surface area contributed by atoms with Gasteiger partial charge in [-0.05, 0) is 30.5 Å². The molecular formula is C11H19N3O2S. The van der Waals surface area contributed by atoms with Crippen LogP contribution in [0, 0.1) is 0 Å². The van der Waals surface area contributed by atoms with Crippen molar-refractivity contribution >= 4 is 15.9 Å². The van der Waals surface area contributed by atoms with Crippen molar-refractivity contribution in [2.24, 2.45) is 0 Å². The zero-order valence-corrected chi connectivity index (χ0v) is 11.0. The van der Waals surface area contributed by atoms with Gasteiger partial charge in [0.1, 0.15) is 0 Å². The second-order valence-electron chi connectivity index (χ2n) is 4.03. The highest BCUT2D eigenvalue weighted by molar-refractivity contribution is 7.87. The van der Waals surface area contributed by atoms with Crippen LogP contribution < -0.4 is 10.5 Å². The van der Waals surface area contributed by atoms with Gasteiger partial charge in [0.2, 0.25) is 0 Å². The van der Waals surface area contributed by atoms with Crippen LogP contribution in [0.1, 0.15) is 12.0 Å². The van der Waals surface area contributed by atoms with Gasteiger partial charge in [0.05, 0.1) is 0 Å². The Morgan fingerprint density at radius 2 is 1.82 bits per heavy atom. The highest BCUT2D eigenvalue weighted by Crippen LogP contribution is 2.07. The van der Waals surface area contributed by atoms with Crippen LogP contribution in [-0.4, -0.2) is 33.4 Å². The van der Waals surface area contributed by atoms with E-state index in [9.17, 15) is 8.42 Å². The predicted octanol–water partition coefficient (Wildman–Crippen LogP) is 0.597. The molecule has 0 fully saturated rings. The molecule has 0 heterocycles. The summed E-state index contributed by atoms with van der Waals surface area (Å²) in [5.41, 5.74) is 7.47. The summed E-state index contributed by atoms with van der Waals surface area (Å²) in [7, 11) is -0.291. The number of hydrogen-bond acceptors (Lipinski definition) is 3. The van der Waals surface area contributed by atoms with Crippen LogP contribution >= 0.6 is 0 Å². The van der Waals surface area contributed by atoms with Crippen molar-refractivity contribution in [2.75, 3.05) is 26.4 Å². The number of nitrogens with one attached hydrogen (secondary N) is 1. The molecule has 1 aromatic rings. The lowest BCUT2D eigenvalue weighted by Gasteiger charge is -2.12. The van der Waals surface area contributed by atoms with E-state index >= 15 is 0 Å². The molecule has 5 nitrogen and oxygen atoms in total. The lowest BCUT2D eigenvalue weighted by atomic mass is 10.1. The lowest BCUT2D eigenvalue weighted by Crippen LogP contribution is -2.36. The van der Waals surface area contributed by atoms with Crippen LogP contribution in [0.15, 0.2) is 24.3 Å². The second kappa shape index (κ2) is 6.00. The zero-order valence-electron chi connectivity index (χ0n) is 10.2. The molecule has 0 aromatic heterocycles. The number of aryl methyl sites for hydroxylation is 1. The Morgan fingerprint density at radius 1 is 1.24 bits per heavy atom. The third-order valence-electron chi connectivity index (χ3n) is 2.39. The summed E-state index contributed by atoms with van der Waals surface area (Å²) in [5, 5.41) is 0. The first-order valence-electron chi connectivity index (χ1n) is 5.43. The summed E-state index contributed by atoms with van der Waals surface area (Å²) >= 11 is 0. The maximum atomic E-state index is 11.4. The second-order valence-corrected chi connectivity index (χ2v) is 6.00. The molecular weight excluding hydrogens is 238 g/mol. The van der Waals surface area contributed by atoms with Crippen LogP contribution in [0.4, 0.5) is 5.69 Å². The summed E-state index contributed by atoms with van der Waals surface area (Å²) in [6, 6.07) is 7.60. The van der Waals surface area contributed by atoms with Gasteiger partial charge in [0, 0.05) is 26.3 Å². The van der Waals surface area contributed by atoms with Crippen LogP contribution in [0.5, 0.6) is 0 Å². The minimum Gasteiger partial charge on any atom is -0.399 e. The summed E-state index contributed by atoms with van der Waals surface area (Å²) < 4.78 is 26.4. The van der Waals surface area contributed by atoms with E-state index in [0.29, 0.717) is 6.54 Å². The molecule has 0 saturated heterocycles. The maximum absolute atomic E-state index is 11.4. The van der Waals surface area contributed by atoms with Crippen LogP contribution in [-0.2, 0) is 16.6 Å². The first kappa shape index (κ1) is 14.0. The molecule has 0 saturated carbocycles. The quantitative estimate of drug-likeness (QED) is 0.579. The van der Waals surface area contributed by atoms with E-state index in [4.69, 9.17) is 5.73 Å². The Morgan fingerprint density at radius 3 is 2.35 bits per heavy atom. The molecule has 0 aliphatic carbocycles. The number of hydrogen-bond donors (Lipinski definition) is 2. The number of nitrogens with two attached hydrogens (primary N) is 1. The molecule has 0 atom stereocenters. The van der Waals surface area contributed by atoms with E-state index in [0.717, 1.165) is 28.4 Å². The number of nitrogen functional groups attached to an aromatic ring is 1. The molecule has 96 valence electrons. The van der Waals surface area contributed by atoms with E-state index in [2.05, 4.69) is 4.72 Å². The van der Waals surface area contributed by atoms with Gasteiger partial charge < -0.3 is 5.73 Å². The molecule has 0 aliphatic rings. The Hall–Kier alpha value is -1.11. The van der Waals surface area contributed by atoms with Gasteiger partial charge in [-0.25, -0.2) is 4.72 Å². The fourth-order valence-electron chi connectivity index (χ4n) is 1.31. The van der Waals surface area contributed by atoms with E-state index in [-0.39, 0.29) is 0 Å². The molecule has 1 aromatic carbocycles. The SMILES string of the molecule is CN(C)S(=O)(=O)NCCCc1ccc(N)cc1. The molecule has 0 spiro atoms. The van der Waals surface area contributed by atoms with Crippen molar-refractivity contribution < 1.29 is 8.42 Å². The average Bonchev–Trinajstić information content (AvgIpc) is 2.26. The third-order valence-corrected chi connectivity index (χ3v) is 3.92. The molecule has 0 unspecified atom stereocenters. The standard InChI is InChI=1S/C11H19N3O2S/c1-14(2)17(15,16)13-9-3-4-10-5-7-11(12)8-6-10/h5-8,13H,3-4,9,12H2,1-2H3. The molecule has 0 aliphatic heterocycles. The largest absolute Gasteiger partial charge is 0.399 e. The van der Waals surface area contributed by atoms with Crippen LogP contribution in [0.25, 0.3) is 0 Å². The zero-order chi connectivity index (χ0) is 12.9. The maximum Gasteiger partial charge on any atom is 0.278 e. The lowest BCUT2D eigenvalue weighted by molar-refractivity contribution is 0.504. The van der Waals surface area contributed by atoms with E-state index in [1.54, 1.807) is 0 Å². The van der Waals surface area contributed by atoms with Crippen molar-refractivity contribution in [2.45, 2.75) is 12.8 Å². The summed E-state index contributed by atoms with van der Waals surface area (Å²) in [6.45, 7) is 0.435. The minimum atomic E-state index is -3.30. The van der Waals surface area contributed by atoms with Gasteiger partial charge in [-0.2, -0.15) is 12.7 Å². The normalized spacial score (nSPS) is 11.9. The van der Waals surface area contributed by atoms with Crippen molar-refractivity contribution in [1.82, 2.24) is 9.03 Å². The summed E-state index contributed by atoms with van der Waals surface area (Å²) in [6.07, 6.45) is 1.59. The van der Waals surface area contributed by atoms with Gasteiger partial charge in [0.25, 0.3) is 10.2 Å². The topological polar surface area (TPSA) is 75.4 Å².